The number of nitrogens with zero attached hydrogens (tertiary/aromatic N) is 3. The Morgan fingerprint density at radius 2 is 2.10 bits per heavy atom. The van der Waals surface area contributed by atoms with Crippen LogP contribution in [0, 0.1) is 5.41 Å². The molecule has 1 aliphatic carbocycles. The molecule has 1 spiro atoms. The predicted octanol–water partition coefficient (Wildman–Crippen LogP) is 2.40. The Labute approximate surface area is 170 Å². The summed E-state index contributed by atoms with van der Waals surface area (Å²) in [4.78, 5) is 29.1. The molecule has 3 aliphatic rings. The van der Waals surface area contributed by atoms with Gasteiger partial charge in [0.15, 0.2) is 0 Å². The molecule has 0 radical (unpaired) electrons. The number of hydrogen-bond acceptors (Lipinski definition) is 4. The lowest BCUT2D eigenvalue weighted by Crippen LogP contribution is -2.52. The van der Waals surface area contributed by atoms with Gasteiger partial charge >= 0.3 is 0 Å². The highest BCUT2D eigenvalue weighted by Crippen LogP contribution is 2.56. The fourth-order valence-corrected chi connectivity index (χ4v) is 5.55. The Morgan fingerprint density at radius 3 is 2.76 bits per heavy atom. The molecule has 1 aromatic heterocycles. The normalized spacial score (nSPS) is 27.0. The van der Waals surface area contributed by atoms with E-state index in [0.717, 1.165) is 36.1 Å². The van der Waals surface area contributed by atoms with Crippen molar-refractivity contribution >= 4 is 17.5 Å². The fourth-order valence-electron chi connectivity index (χ4n) is 5.55. The summed E-state index contributed by atoms with van der Waals surface area (Å²) in [5.74, 6) is 0.0748. The summed E-state index contributed by atoms with van der Waals surface area (Å²) >= 11 is 0. The van der Waals surface area contributed by atoms with Crippen LogP contribution in [-0.2, 0) is 26.8 Å². The highest BCUT2D eigenvalue weighted by molar-refractivity contribution is 6.08. The Kier molecular flexibility index (Phi) is 4.07. The molecular weight excluding hydrogens is 368 g/mol. The van der Waals surface area contributed by atoms with Crippen molar-refractivity contribution in [1.82, 2.24) is 14.7 Å². The number of aryl methyl sites for hydroxylation is 1. The van der Waals surface area contributed by atoms with Crippen molar-refractivity contribution in [3.63, 3.8) is 0 Å². The molecule has 0 unspecified atom stereocenters. The van der Waals surface area contributed by atoms with E-state index in [1.807, 2.05) is 42.4 Å². The highest BCUT2D eigenvalue weighted by Gasteiger charge is 2.61. The first kappa shape index (κ1) is 18.4. The number of aromatic nitrogens is 2. The molecule has 1 aromatic carbocycles. The Bertz CT molecular complexity index is 980. The van der Waals surface area contributed by atoms with E-state index in [9.17, 15) is 9.59 Å². The number of ether oxygens (including phenoxy) is 1. The van der Waals surface area contributed by atoms with Gasteiger partial charge in [0.05, 0.1) is 24.3 Å². The van der Waals surface area contributed by atoms with E-state index in [4.69, 9.17) is 4.74 Å². The van der Waals surface area contributed by atoms with Crippen molar-refractivity contribution in [2.75, 3.05) is 25.6 Å². The van der Waals surface area contributed by atoms with Crippen LogP contribution >= 0.6 is 0 Å². The molecule has 2 amide bonds. The van der Waals surface area contributed by atoms with Crippen LogP contribution in [0.2, 0.25) is 0 Å². The number of carbonyl (C=O) groups excluding carboxylic acids is 2. The van der Waals surface area contributed by atoms with Gasteiger partial charge in [0.1, 0.15) is 5.41 Å². The second-order valence-corrected chi connectivity index (χ2v) is 8.64. The summed E-state index contributed by atoms with van der Waals surface area (Å²) in [5.41, 5.74) is 1.47. The molecular formula is C22H26N4O3. The largest absolute Gasteiger partial charge is 0.384 e. The summed E-state index contributed by atoms with van der Waals surface area (Å²) in [6, 6.07) is 7.46. The van der Waals surface area contributed by atoms with Crippen LogP contribution in [0.15, 0.2) is 36.7 Å². The SMILES string of the molecule is COCC1(C(=O)N2CC[C@]3(C(=O)Nc4ccccc43)[C@@H]2c2cnn(C)c2)CCC1. The minimum atomic E-state index is -0.784. The summed E-state index contributed by atoms with van der Waals surface area (Å²) in [6.07, 6.45) is 7.03. The topological polar surface area (TPSA) is 76.5 Å². The third-order valence-electron chi connectivity index (χ3n) is 7.07. The van der Waals surface area contributed by atoms with E-state index in [0.29, 0.717) is 19.6 Å². The van der Waals surface area contributed by atoms with Crippen LogP contribution in [0.3, 0.4) is 0 Å². The number of benzene rings is 1. The van der Waals surface area contributed by atoms with E-state index < -0.39 is 10.8 Å². The molecule has 1 saturated carbocycles. The summed E-state index contributed by atoms with van der Waals surface area (Å²) in [5, 5.41) is 7.40. The van der Waals surface area contributed by atoms with Crippen molar-refractivity contribution in [1.29, 1.82) is 0 Å². The van der Waals surface area contributed by atoms with Gasteiger partial charge in [-0.15, -0.1) is 0 Å². The van der Waals surface area contributed by atoms with E-state index in [1.165, 1.54) is 0 Å². The van der Waals surface area contributed by atoms with Gasteiger partial charge in [-0.3, -0.25) is 14.3 Å². The van der Waals surface area contributed by atoms with Crippen molar-refractivity contribution in [2.24, 2.45) is 12.5 Å². The minimum Gasteiger partial charge on any atom is -0.384 e. The average molecular weight is 394 g/mol. The number of nitrogens with one attached hydrogen (secondary N) is 1. The molecule has 1 saturated heterocycles. The van der Waals surface area contributed by atoms with E-state index in [2.05, 4.69) is 10.4 Å². The summed E-state index contributed by atoms with van der Waals surface area (Å²) in [6.45, 7) is 0.976. The predicted molar refractivity (Wildman–Crippen MR) is 107 cm³/mol. The maximum Gasteiger partial charge on any atom is 0.237 e. The first-order chi connectivity index (χ1) is 14.0. The molecule has 3 heterocycles. The van der Waals surface area contributed by atoms with Crippen LogP contribution in [0.4, 0.5) is 5.69 Å². The van der Waals surface area contributed by atoms with Gasteiger partial charge in [-0.25, -0.2) is 0 Å². The lowest BCUT2D eigenvalue weighted by Gasteiger charge is -2.44. The zero-order chi connectivity index (χ0) is 20.2. The van der Waals surface area contributed by atoms with Gasteiger partial charge < -0.3 is 15.0 Å². The molecule has 7 heteroatoms. The fraction of sp³-hybridized carbons (Fsp3) is 0.500. The number of hydrogen-bond donors (Lipinski definition) is 1. The zero-order valence-corrected chi connectivity index (χ0v) is 16.9. The highest BCUT2D eigenvalue weighted by atomic mass is 16.5. The molecule has 2 fully saturated rings. The van der Waals surface area contributed by atoms with E-state index in [1.54, 1.807) is 18.0 Å². The van der Waals surface area contributed by atoms with Gasteiger partial charge in [-0.1, -0.05) is 24.6 Å². The van der Waals surface area contributed by atoms with Gasteiger partial charge in [-0.05, 0) is 30.9 Å². The van der Waals surface area contributed by atoms with Crippen LogP contribution < -0.4 is 5.32 Å². The lowest BCUT2D eigenvalue weighted by atomic mass is 9.67. The van der Waals surface area contributed by atoms with Crippen LogP contribution in [0.1, 0.15) is 42.9 Å². The van der Waals surface area contributed by atoms with Crippen LogP contribution in [0.25, 0.3) is 0 Å². The molecule has 0 bridgehead atoms. The van der Waals surface area contributed by atoms with E-state index >= 15 is 0 Å². The third kappa shape index (κ3) is 2.43. The summed E-state index contributed by atoms with van der Waals surface area (Å²) < 4.78 is 7.16. The second-order valence-electron chi connectivity index (χ2n) is 8.64. The Hall–Kier alpha value is -2.67. The van der Waals surface area contributed by atoms with Gasteiger partial charge in [0, 0.05) is 38.1 Å². The van der Waals surface area contributed by atoms with Crippen molar-refractivity contribution in [3.8, 4) is 0 Å². The molecule has 29 heavy (non-hydrogen) atoms. The second kappa shape index (κ2) is 6.42. The number of fused-ring (bicyclic) bond motifs is 2. The Morgan fingerprint density at radius 1 is 1.31 bits per heavy atom. The van der Waals surface area contributed by atoms with Crippen molar-refractivity contribution < 1.29 is 14.3 Å². The monoisotopic (exact) mass is 394 g/mol. The number of para-hydroxylation sites is 1. The van der Waals surface area contributed by atoms with Gasteiger partial charge in [-0.2, -0.15) is 5.10 Å². The van der Waals surface area contributed by atoms with Crippen LogP contribution in [-0.4, -0.2) is 46.8 Å². The zero-order valence-electron chi connectivity index (χ0n) is 16.9. The number of likely N-dealkylation sites (tertiary alicyclic amines) is 1. The number of methoxy groups -OCH3 is 1. The molecule has 5 rings (SSSR count). The Balaban J connectivity index is 1.63. The maximum atomic E-state index is 13.8. The molecule has 7 nitrogen and oxygen atoms in total. The number of amides is 2. The van der Waals surface area contributed by atoms with Crippen molar-refractivity contribution in [2.45, 2.75) is 37.1 Å². The molecule has 152 valence electrons. The molecule has 2 atom stereocenters. The standard InChI is InChI=1S/C22H26N4O3/c1-25-13-15(12-23-25)18-22(16-6-3-4-7-17(16)24-19(22)27)10-11-26(18)20(28)21(14-29-2)8-5-9-21/h3-4,6-7,12-13,18H,5,8-11,14H2,1-2H3,(H,24,27)/t18-,22+/m0/s1. The molecule has 2 aliphatic heterocycles. The van der Waals surface area contributed by atoms with Crippen LogP contribution in [0.5, 0.6) is 0 Å². The number of rotatable bonds is 4. The van der Waals surface area contributed by atoms with E-state index in [-0.39, 0.29) is 17.9 Å². The average Bonchev–Trinajstić information content (AvgIpc) is 3.35. The number of anilines is 1. The third-order valence-corrected chi connectivity index (χ3v) is 7.07. The minimum absolute atomic E-state index is 0.0303. The van der Waals surface area contributed by atoms with Gasteiger partial charge in [0.2, 0.25) is 11.8 Å². The lowest BCUT2D eigenvalue weighted by molar-refractivity contribution is -0.154. The van der Waals surface area contributed by atoms with Gasteiger partial charge in [0.25, 0.3) is 0 Å². The quantitative estimate of drug-likeness (QED) is 0.864. The summed E-state index contributed by atoms with van der Waals surface area (Å²) in [7, 11) is 3.51. The first-order valence-corrected chi connectivity index (χ1v) is 10.2. The number of carbonyl (C=O) groups is 2. The van der Waals surface area contributed by atoms with Crippen molar-refractivity contribution in [3.05, 3.63) is 47.8 Å². The molecule has 1 N–H and O–H groups in total. The maximum absolute atomic E-state index is 13.8. The molecule has 2 aromatic rings. The smallest absolute Gasteiger partial charge is 0.237 e. The first-order valence-electron chi connectivity index (χ1n) is 10.2.